The highest BCUT2D eigenvalue weighted by atomic mass is 32.2. The van der Waals surface area contributed by atoms with Crippen LogP contribution in [-0.2, 0) is 14.8 Å². The minimum absolute atomic E-state index is 0.0350. The van der Waals surface area contributed by atoms with Gasteiger partial charge in [0.1, 0.15) is 5.76 Å². The third-order valence-electron chi connectivity index (χ3n) is 4.65. The van der Waals surface area contributed by atoms with Gasteiger partial charge in [-0.2, -0.15) is 0 Å². The molecule has 1 unspecified atom stereocenters. The molecule has 0 radical (unpaired) electrons. The van der Waals surface area contributed by atoms with Crippen molar-refractivity contribution in [2.45, 2.75) is 38.3 Å². The van der Waals surface area contributed by atoms with Gasteiger partial charge in [-0.05, 0) is 26.2 Å². The van der Waals surface area contributed by atoms with E-state index in [9.17, 15) is 13.2 Å². The lowest BCUT2D eigenvalue weighted by Gasteiger charge is -2.38. The zero-order valence-electron chi connectivity index (χ0n) is 14.0. The number of hydrogen-bond acceptors (Lipinski definition) is 6. The van der Waals surface area contributed by atoms with Crippen LogP contribution in [0.4, 0.5) is 0 Å². The van der Waals surface area contributed by atoms with Gasteiger partial charge < -0.3 is 14.2 Å². The summed E-state index contributed by atoms with van der Waals surface area (Å²) in [4.78, 5) is 14.8. The molecular formula is C15H23N3O5S. The molecule has 3 rings (SSSR count). The van der Waals surface area contributed by atoms with Crippen LogP contribution in [0.5, 0.6) is 0 Å². The number of aryl methyl sites for hydroxylation is 1. The topological polar surface area (TPSA) is 93.0 Å². The fraction of sp³-hybridized carbons (Fsp3) is 0.733. The number of ether oxygens (including phenoxy) is 1. The highest BCUT2D eigenvalue weighted by molar-refractivity contribution is 7.88. The molecule has 8 nitrogen and oxygen atoms in total. The molecule has 1 atom stereocenters. The number of aromatic nitrogens is 1. The van der Waals surface area contributed by atoms with Crippen LogP contribution in [0.1, 0.15) is 35.5 Å². The lowest BCUT2D eigenvalue weighted by Crippen LogP contribution is -2.50. The first-order chi connectivity index (χ1) is 11.4. The Morgan fingerprint density at radius 3 is 2.54 bits per heavy atom. The van der Waals surface area contributed by atoms with Gasteiger partial charge in [-0.15, -0.1) is 0 Å². The van der Waals surface area contributed by atoms with E-state index in [-0.39, 0.29) is 23.7 Å². The first kappa shape index (κ1) is 17.4. The highest BCUT2D eigenvalue weighted by Gasteiger charge is 2.39. The molecule has 0 aliphatic carbocycles. The SMILES string of the molecule is Cc1cc(C(=O)N(C2CCOCC2)C2CCN(S(C)(=O)=O)C2)no1. The second kappa shape index (κ2) is 6.81. The van der Waals surface area contributed by atoms with Gasteiger partial charge >= 0.3 is 0 Å². The molecule has 1 aromatic rings. The Kier molecular flexibility index (Phi) is 4.93. The van der Waals surface area contributed by atoms with Crippen LogP contribution in [0.15, 0.2) is 10.6 Å². The van der Waals surface area contributed by atoms with Crippen LogP contribution in [-0.4, -0.2) is 73.3 Å². The molecular weight excluding hydrogens is 334 g/mol. The number of carbonyl (C=O) groups excluding carboxylic acids is 1. The predicted octanol–water partition coefficient (Wildman–Crippen LogP) is 0.638. The van der Waals surface area contributed by atoms with Gasteiger partial charge in [0, 0.05) is 44.5 Å². The summed E-state index contributed by atoms with van der Waals surface area (Å²) in [5, 5.41) is 3.84. The van der Waals surface area contributed by atoms with Crippen molar-refractivity contribution < 1.29 is 22.5 Å². The molecule has 2 aliphatic heterocycles. The van der Waals surface area contributed by atoms with Crippen molar-refractivity contribution in [1.29, 1.82) is 0 Å². The summed E-state index contributed by atoms with van der Waals surface area (Å²) in [5.74, 6) is 0.383. The Bertz CT molecular complexity index is 696. The summed E-state index contributed by atoms with van der Waals surface area (Å²) in [7, 11) is -3.25. The maximum atomic E-state index is 13.0. The lowest BCUT2D eigenvalue weighted by atomic mass is 10.0. The fourth-order valence-corrected chi connectivity index (χ4v) is 4.31. The predicted molar refractivity (Wildman–Crippen MR) is 86.1 cm³/mol. The number of sulfonamides is 1. The summed E-state index contributed by atoms with van der Waals surface area (Å²) in [5.41, 5.74) is 0.275. The van der Waals surface area contributed by atoms with Gasteiger partial charge in [-0.1, -0.05) is 5.16 Å². The first-order valence-corrected chi connectivity index (χ1v) is 10.00. The molecule has 2 aliphatic rings. The largest absolute Gasteiger partial charge is 0.381 e. The van der Waals surface area contributed by atoms with E-state index < -0.39 is 10.0 Å². The van der Waals surface area contributed by atoms with E-state index in [1.54, 1.807) is 13.0 Å². The Labute approximate surface area is 141 Å². The quantitative estimate of drug-likeness (QED) is 0.785. The van der Waals surface area contributed by atoms with Gasteiger partial charge in [0.25, 0.3) is 5.91 Å². The Balaban J connectivity index is 1.84. The summed E-state index contributed by atoms with van der Waals surface area (Å²) in [6.07, 6.45) is 3.33. The second-order valence-electron chi connectivity index (χ2n) is 6.44. The number of amides is 1. The summed E-state index contributed by atoms with van der Waals surface area (Å²) in [6.45, 7) is 3.72. The van der Waals surface area contributed by atoms with E-state index in [0.29, 0.717) is 38.5 Å². The van der Waals surface area contributed by atoms with Gasteiger partial charge in [-0.3, -0.25) is 4.79 Å². The third-order valence-corrected chi connectivity index (χ3v) is 5.92. The van der Waals surface area contributed by atoms with E-state index in [2.05, 4.69) is 5.16 Å². The number of carbonyl (C=O) groups is 1. The van der Waals surface area contributed by atoms with Crippen molar-refractivity contribution in [3.63, 3.8) is 0 Å². The maximum Gasteiger partial charge on any atom is 0.276 e. The summed E-state index contributed by atoms with van der Waals surface area (Å²) < 4.78 is 35.5. The maximum absolute atomic E-state index is 13.0. The molecule has 0 spiro atoms. The average molecular weight is 357 g/mol. The van der Waals surface area contributed by atoms with Crippen LogP contribution in [0.3, 0.4) is 0 Å². The summed E-state index contributed by atoms with van der Waals surface area (Å²) >= 11 is 0. The van der Waals surface area contributed by atoms with E-state index in [0.717, 1.165) is 12.8 Å². The van der Waals surface area contributed by atoms with Gasteiger partial charge in [0.2, 0.25) is 10.0 Å². The van der Waals surface area contributed by atoms with Crippen molar-refractivity contribution in [1.82, 2.24) is 14.4 Å². The molecule has 3 heterocycles. The van der Waals surface area contributed by atoms with Crippen molar-refractivity contribution >= 4 is 15.9 Å². The fourth-order valence-electron chi connectivity index (χ4n) is 3.43. The molecule has 0 saturated carbocycles. The average Bonchev–Trinajstić information content (AvgIpc) is 3.17. The van der Waals surface area contributed by atoms with Crippen LogP contribution in [0.25, 0.3) is 0 Å². The molecule has 24 heavy (non-hydrogen) atoms. The first-order valence-electron chi connectivity index (χ1n) is 8.15. The minimum atomic E-state index is -3.25. The van der Waals surface area contributed by atoms with Crippen LogP contribution >= 0.6 is 0 Å². The van der Waals surface area contributed by atoms with Gasteiger partial charge in [0.05, 0.1) is 6.26 Å². The summed E-state index contributed by atoms with van der Waals surface area (Å²) in [6, 6.07) is 1.51. The van der Waals surface area contributed by atoms with Crippen molar-refractivity contribution in [3.8, 4) is 0 Å². The van der Waals surface area contributed by atoms with Crippen molar-refractivity contribution in [3.05, 3.63) is 17.5 Å². The van der Waals surface area contributed by atoms with Crippen molar-refractivity contribution in [2.24, 2.45) is 0 Å². The molecule has 1 aromatic heterocycles. The molecule has 0 aromatic carbocycles. The Hall–Kier alpha value is -1.45. The highest BCUT2D eigenvalue weighted by Crippen LogP contribution is 2.26. The smallest absolute Gasteiger partial charge is 0.276 e. The molecule has 0 bridgehead atoms. The van der Waals surface area contributed by atoms with Crippen LogP contribution in [0, 0.1) is 6.92 Å². The second-order valence-corrected chi connectivity index (χ2v) is 8.42. The van der Waals surface area contributed by atoms with E-state index in [4.69, 9.17) is 9.26 Å². The van der Waals surface area contributed by atoms with Gasteiger partial charge in [0.15, 0.2) is 5.69 Å². The van der Waals surface area contributed by atoms with Crippen LogP contribution < -0.4 is 0 Å². The zero-order chi connectivity index (χ0) is 17.3. The number of hydrogen-bond donors (Lipinski definition) is 0. The van der Waals surface area contributed by atoms with Gasteiger partial charge in [-0.25, -0.2) is 12.7 Å². The molecule has 2 fully saturated rings. The standard InChI is InChI=1S/C15H23N3O5S/c1-11-9-14(16-23-11)15(19)18(12-4-7-22-8-5-12)13-3-6-17(10-13)24(2,20)21/h9,12-13H,3-8,10H2,1-2H3. The minimum Gasteiger partial charge on any atom is -0.381 e. The number of nitrogens with zero attached hydrogens (tertiary/aromatic N) is 3. The molecule has 134 valence electrons. The van der Waals surface area contributed by atoms with Crippen LogP contribution in [0.2, 0.25) is 0 Å². The monoisotopic (exact) mass is 357 g/mol. The van der Waals surface area contributed by atoms with E-state index in [1.165, 1.54) is 10.6 Å². The molecule has 9 heteroatoms. The van der Waals surface area contributed by atoms with E-state index in [1.807, 2.05) is 4.90 Å². The molecule has 1 amide bonds. The Morgan fingerprint density at radius 2 is 2.00 bits per heavy atom. The Morgan fingerprint density at radius 1 is 1.29 bits per heavy atom. The lowest BCUT2D eigenvalue weighted by molar-refractivity contribution is 0.0174. The zero-order valence-corrected chi connectivity index (χ0v) is 14.8. The van der Waals surface area contributed by atoms with E-state index >= 15 is 0 Å². The third kappa shape index (κ3) is 3.62. The molecule has 0 N–H and O–H groups in total. The molecule has 2 saturated heterocycles. The normalized spacial score (nSPS) is 23.5. The number of rotatable bonds is 4. The van der Waals surface area contributed by atoms with Crippen molar-refractivity contribution in [2.75, 3.05) is 32.6 Å².